The number of halogens is 2. The molecule has 0 bridgehead atoms. The van der Waals surface area contributed by atoms with Gasteiger partial charge in [0, 0.05) is 22.7 Å². The van der Waals surface area contributed by atoms with Gasteiger partial charge in [-0.2, -0.15) is 0 Å². The molecule has 30 heavy (non-hydrogen) atoms. The third kappa shape index (κ3) is 5.54. The first-order chi connectivity index (χ1) is 14.3. The van der Waals surface area contributed by atoms with Crippen molar-refractivity contribution in [2.75, 3.05) is 6.54 Å². The molecule has 0 heterocycles. The Bertz CT molecular complexity index is 1080. The minimum Gasteiger partial charge on any atom is -0.488 e. The molecule has 0 saturated carbocycles. The molecule has 0 saturated heterocycles. The number of rotatable bonds is 8. The van der Waals surface area contributed by atoms with E-state index in [1.807, 2.05) is 24.3 Å². The summed E-state index contributed by atoms with van der Waals surface area (Å²) in [6.07, 6.45) is 1.00. The summed E-state index contributed by atoms with van der Waals surface area (Å²) in [5, 5.41) is 6.76. The normalized spacial score (nSPS) is 10.6. The summed E-state index contributed by atoms with van der Waals surface area (Å²) < 4.78 is 6.20. The maximum atomic E-state index is 6.29. The molecular weight excluding hydrogens is 413 g/mol. The van der Waals surface area contributed by atoms with Crippen molar-refractivity contribution in [3.05, 3.63) is 113 Å². The fourth-order valence-corrected chi connectivity index (χ4v) is 3.69. The highest BCUT2D eigenvalue weighted by atomic mass is 35.5. The van der Waals surface area contributed by atoms with Gasteiger partial charge in [0.1, 0.15) is 12.4 Å². The van der Waals surface area contributed by atoms with Crippen LogP contribution in [-0.4, -0.2) is 6.54 Å². The van der Waals surface area contributed by atoms with Gasteiger partial charge in [-0.25, -0.2) is 0 Å². The van der Waals surface area contributed by atoms with Crippen molar-refractivity contribution in [2.24, 2.45) is 0 Å². The van der Waals surface area contributed by atoms with E-state index in [-0.39, 0.29) is 12.4 Å². The fourth-order valence-electron chi connectivity index (χ4n) is 3.50. The Kier molecular flexibility index (Phi) is 8.15. The molecule has 2 nitrogen and oxygen atoms in total. The molecule has 0 fully saturated rings. The molecule has 0 spiro atoms. The van der Waals surface area contributed by atoms with Crippen LogP contribution < -0.4 is 10.1 Å². The zero-order chi connectivity index (χ0) is 19.9. The summed E-state index contributed by atoms with van der Waals surface area (Å²) in [7, 11) is 0. The van der Waals surface area contributed by atoms with Crippen molar-refractivity contribution in [3.63, 3.8) is 0 Å². The number of ether oxygens (including phenoxy) is 1. The lowest BCUT2D eigenvalue weighted by Crippen LogP contribution is -2.17. The molecule has 0 aliphatic heterocycles. The molecule has 0 aromatic heterocycles. The van der Waals surface area contributed by atoms with Gasteiger partial charge in [0.2, 0.25) is 0 Å². The van der Waals surface area contributed by atoms with E-state index in [0.29, 0.717) is 6.61 Å². The van der Waals surface area contributed by atoms with E-state index in [0.717, 1.165) is 35.8 Å². The first kappa shape index (κ1) is 22.2. The van der Waals surface area contributed by atoms with Crippen molar-refractivity contribution in [1.82, 2.24) is 5.32 Å². The van der Waals surface area contributed by atoms with Gasteiger partial charge in [-0.3, -0.25) is 0 Å². The Labute approximate surface area is 189 Å². The van der Waals surface area contributed by atoms with Gasteiger partial charge in [-0.05, 0) is 41.4 Å². The molecule has 0 unspecified atom stereocenters. The lowest BCUT2D eigenvalue weighted by atomic mass is 10.0. The van der Waals surface area contributed by atoms with Gasteiger partial charge in [-0.15, -0.1) is 12.4 Å². The maximum absolute atomic E-state index is 6.29. The second kappa shape index (κ2) is 11.0. The summed E-state index contributed by atoms with van der Waals surface area (Å²) in [6.45, 7) is 2.12. The lowest BCUT2D eigenvalue weighted by molar-refractivity contribution is 0.303. The third-order valence-corrected chi connectivity index (χ3v) is 5.44. The van der Waals surface area contributed by atoms with Gasteiger partial charge in [0.05, 0.1) is 0 Å². The topological polar surface area (TPSA) is 21.3 Å². The highest BCUT2D eigenvalue weighted by Crippen LogP contribution is 2.29. The third-order valence-electron chi connectivity index (χ3n) is 5.07. The summed E-state index contributed by atoms with van der Waals surface area (Å²) in [6, 6.07) is 31.0. The summed E-state index contributed by atoms with van der Waals surface area (Å²) in [5.41, 5.74) is 3.52. The summed E-state index contributed by atoms with van der Waals surface area (Å²) in [4.78, 5) is 0. The van der Waals surface area contributed by atoms with Gasteiger partial charge >= 0.3 is 0 Å². The van der Waals surface area contributed by atoms with E-state index in [9.17, 15) is 0 Å². The highest BCUT2D eigenvalue weighted by Gasteiger charge is 2.10. The SMILES string of the molecule is Cl.Clc1ccccc1COc1ccc2ccccc2c1CNCCc1ccccc1. The highest BCUT2D eigenvalue weighted by molar-refractivity contribution is 6.31. The Morgan fingerprint density at radius 3 is 2.33 bits per heavy atom. The molecule has 154 valence electrons. The van der Waals surface area contributed by atoms with Gasteiger partial charge < -0.3 is 10.1 Å². The van der Waals surface area contributed by atoms with Gasteiger partial charge in [0.15, 0.2) is 0 Å². The molecule has 4 heteroatoms. The van der Waals surface area contributed by atoms with Crippen molar-refractivity contribution in [3.8, 4) is 5.75 Å². The average molecular weight is 438 g/mol. The molecular formula is C26H25Cl2NO. The summed E-state index contributed by atoms with van der Waals surface area (Å²) in [5.74, 6) is 0.899. The predicted molar refractivity (Wildman–Crippen MR) is 129 cm³/mol. The van der Waals surface area contributed by atoms with Crippen LogP contribution in [0.15, 0.2) is 91.0 Å². The Balaban J connectivity index is 0.00000256. The standard InChI is InChI=1S/C26H24ClNO.ClH/c27-25-13-7-5-11-22(25)19-29-26-15-14-21-10-4-6-12-23(21)24(26)18-28-17-16-20-8-2-1-3-9-20;/h1-15,28H,16-19H2;1H. The summed E-state index contributed by atoms with van der Waals surface area (Å²) >= 11 is 6.29. The number of hydrogen-bond donors (Lipinski definition) is 1. The fraction of sp³-hybridized carbons (Fsp3) is 0.154. The van der Waals surface area contributed by atoms with Crippen LogP contribution in [0.25, 0.3) is 10.8 Å². The number of nitrogens with one attached hydrogen (secondary N) is 1. The van der Waals surface area contributed by atoms with E-state index in [1.165, 1.54) is 21.9 Å². The van der Waals surface area contributed by atoms with Crippen LogP contribution in [0.4, 0.5) is 0 Å². The molecule has 1 N–H and O–H groups in total. The molecule has 4 rings (SSSR count). The van der Waals surface area contributed by atoms with E-state index in [1.54, 1.807) is 0 Å². The van der Waals surface area contributed by atoms with Crippen LogP contribution in [0.2, 0.25) is 5.02 Å². The van der Waals surface area contributed by atoms with Crippen LogP contribution in [-0.2, 0) is 19.6 Å². The van der Waals surface area contributed by atoms with Crippen LogP contribution in [0.5, 0.6) is 5.75 Å². The molecule has 4 aromatic carbocycles. The first-order valence-electron chi connectivity index (χ1n) is 9.93. The van der Waals surface area contributed by atoms with E-state index < -0.39 is 0 Å². The lowest BCUT2D eigenvalue weighted by Gasteiger charge is -2.16. The van der Waals surface area contributed by atoms with Crippen molar-refractivity contribution in [2.45, 2.75) is 19.6 Å². The number of fused-ring (bicyclic) bond motifs is 1. The van der Waals surface area contributed by atoms with E-state index >= 15 is 0 Å². The molecule has 0 aliphatic carbocycles. The number of benzene rings is 4. The second-order valence-electron chi connectivity index (χ2n) is 7.06. The molecule has 4 aromatic rings. The quantitative estimate of drug-likeness (QED) is 0.305. The Hall–Kier alpha value is -2.52. The molecule has 0 atom stereocenters. The maximum Gasteiger partial charge on any atom is 0.124 e. The van der Waals surface area contributed by atoms with Crippen molar-refractivity contribution in [1.29, 1.82) is 0 Å². The van der Waals surface area contributed by atoms with Crippen LogP contribution in [0.1, 0.15) is 16.7 Å². The molecule has 0 radical (unpaired) electrons. The van der Waals surface area contributed by atoms with Crippen molar-refractivity contribution >= 4 is 34.8 Å². The first-order valence-corrected chi connectivity index (χ1v) is 10.3. The Morgan fingerprint density at radius 1 is 0.767 bits per heavy atom. The zero-order valence-corrected chi connectivity index (χ0v) is 18.3. The minimum absolute atomic E-state index is 0. The van der Waals surface area contributed by atoms with Gasteiger partial charge in [0.25, 0.3) is 0 Å². The van der Waals surface area contributed by atoms with Crippen molar-refractivity contribution < 1.29 is 4.74 Å². The van der Waals surface area contributed by atoms with Crippen LogP contribution >= 0.6 is 24.0 Å². The second-order valence-corrected chi connectivity index (χ2v) is 7.46. The van der Waals surface area contributed by atoms with Crippen LogP contribution in [0.3, 0.4) is 0 Å². The Morgan fingerprint density at radius 2 is 1.50 bits per heavy atom. The number of hydrogen-bond acceptors (Lipinski definition) is 2. The average Bonchev–Trinajstić information content (AvgIpc) is 2.77. The van der Waals surface area contributed by atoms with Crippen LogP contribution in [0, 0.1) is 0 Å². The van der Waals surface area contributed by atoms with E-state index in [2.05, 4.69) is 72.0 Å². The largest absolute Gasteiger partial charge is 0.488 e. The smallest absolute Gasteiger partial charge is 0.124 e. The monoisotopic (exact) mass is 437 g/mol. The van der Waals surface area contributed by atoms with E-state index in [4.69, 9.17) is 16.3 Å². The molecule has 0 amide bonds. The zero-order valence-electron chi connectivity index (χ0n) is 16.7. The predicted octanol–water partition coefficient (Wildman–Crippen LogP) is 6.83. The van der Waals surface area contributed by atoms with Gasteiger partial charge in [-0.1, -0.05) is 90.5 Å². The molecule has 0 aliphatic rings. The minimum atomic E-state index is 0.